The lowest BCUT2D eigenvalue weighted by molar-refractivity contribution is -0.120. The Balaban J connectivity index is 1.83. The predicted molar refractivity (Wildman–Crippen MR) is 120 cm³/mol. The number of aryl methyl sites for hydroxylation is 1. The van der Waals surface area contributed by atoms with E-state index in [1.165, 1.54) is 4.90 Å². The SMILES string of the molecule is COc1cc(NC2=C(c3ccc(C)cc3)C(=O)N(c3ccccc3)C2=O)cc(OC)c1. The van der Waals surface area contributed by atoms with Crippen LogP contribution in [0.2, 0.25) is 0 Å². The summed E-state index contributed by atoms with van der Waals surface area (Å²) in [6.45, 7) is 1.97. The molecule has 6 nitrogen and oxygen atoms in total. The maximum absolute atomic E-state index is 13.4. The third-order valence-corrected chi connectivity index (χ3v) is 5.06. The standard InChI is InChI=1S/C25H22N2O4/c1-16-9-11-17(12-10-16)22-23(26-18-13-20(30-2)15-21(14-18)31-3)25(29)27(24(22)28)19-7-5-4-6-8-19/h4-15,26H,1-3H3. The summed E-state index contributed by atoms with van der Waals surface area (Å²) >= 11 is 0. The molecule has 0 radical (unpaired) electrons. The summed E-state index contributed by atoms with van der Waals surface area (Å²) in [5.74, 6) is 0.332. The molecule has 6 heteroatoms. The number of nitrogens with one attached hydrogen (secondary N) is 1. The first-order chi connectivity index (χ1) is 15.0. The van der Waals surface area contributed by atoms with Crippen molar-refractivity contribution in [2.45, 2.75) is 6.92 Å². The number of ether oxygens (including phenoxy) is 2. The molecule has 4 rings (SSSR count). The van der Waals surface area contributed by atoms with Gasteiger partial charge in [-0.25, -0.2) is 4.90 Å². The minimum atomic E-state index is -0.423. The number of carbonyl (C=O) groups excluding carboxylic acids is 2. The van der Waals surface area contributed by atoms with E-state index in [0.717, 1.165) is 5.56 Å². The number of para-hydroxylation sites is 1. The molecular formula is C25H22N2O4. The maximum Gasteiger partial charge on any atom is 0.282 e. The van der Waals surface area contributed by atoms with E-state index in [0.29, 0.717) is 34.0 Å². The number of imide groups is 1. The molecule has 0 spiro atoms. The first-order valence-corrected chi connectivity index (χ1v) is 9.77. The average molecular weight is 414 g/mol. The van der Waals surface area contributed by atoms with Crippen molar-refractivity contribution in [2.24, 2.45) is 0 Å². The van der Waals surface area contributed by atoms with E-state index in [-0.39, 0.29) is 11.6 Å². The third kappa shape index (κ3) is 3.88. The van der Waals surface area contributed by atoms with Gasteiger partial charge in [0.25, 0.3) is 11.8 Å². The van der Waals surface area contributed by atoms with Crippen molar-refractivity contribution in [3.05, 3.63) is 89.6 Å². The fraction of sp³-hybridized carbons (Fsp3) is 0.120. The molecule has 1 aliphatic rings. The lowest BCUT2D eigenvalue weighted by atomic mass is 10.0. The predicted octanol–water partition coefficient (Wildman–Crippen LogP) is 4.41. The maximum atomic E-state index is 13.4. The first kappa shape index (κ1) is 20.2. The third-order valence-electron chi connectivity index (χ3n) is 5.06. The van der Waals surface area contributed by atoms with E-state index in [1.54, 1.807) is 56.7 Å². The largest absolute Gasteiger partial charge is 0.497 e. The van der Waals surface area contributed by atoms with Crippen LogP contribution in [0.1, 0.15) is 11.1 Å². The van der Waals surface area contributed by atoms with Gasteiger partial charge in [0.05, 0.1) is 25.5 Å². The molecule has 1 aliphatic heterocycles. The molecule has 31 heavy (non-hydrogen) atoms. The summed E-state index contributed by atoms with van der Waals surface area (Å²) in [7, 11) is 3.11. The van der Waals surface area contributed by atoms with Crippen molar-refractivity contribution in [3.63, 3.8) is 0 Å². The number of hydrogen-bond donors (Lipinski definition) is 1. The van der Waals surface area contributed by atoms with Gasteiger partial charge in [-0.1, -0.05) is 48.0 Å². The second-order valence-corrected chi connectivity index (χ2v) is 7.12. The van der Waals surface area contributed by atoms with Gasteiger partial charge in [-0.15, -0.1) is 0 Å². The summed E-state index contributed by atoms with van der Waals surface area (Å²) in [5, 5.41) is 3.14. The van der Waals surface area contributed by atoms with E-state index in [9.17, 15) is 9.59 Å². The van der Waals surface area contributed by atoms with Crippen molar-refractivity contribution in [2.75, 3.05) is 24.4 Å². The number of methoxy groups -OCH3 is 2. The molecule has 0 bridgehead atoms. The van der Waals surface area contributed by atoms with Crippen LogP contribution >= 0.6 is 0 Å². The first-order valence-electron chi connectivity index (χ1n) is 9.77. The second-order valence-electron chi connectivity index (χ2n) is 7.12. The molecule has 0 aromatic heterocycles. The highest BCUT2D eigenvalue weighted by Crippen LogP contribution is 2.35. The highest BCUT2D eigenvalue weighted by molar-refractivity contribution is 6.46. The topological polar surface area (TPSA) is 67.9 Å². The highest BCUT2D eigenvalue weighted by atomic mass is 16.5. The Morgan fingerprint density at radius 3 is 1.97 bits per heavy atom. The van der Waals surface area contributed by atoms with Gasteiger partial charge in [0, 0.05) is 23.9 Å². The number of anilines is 2. The van der Waals surface area contributed by atoms with Gasteiger partial charge in [0.15, 0.2) is 0 Å². The van der Waals surface area contributed by atoms with E-state index in [4.69, 9.17) is 9.47 Å². The molecule has 0 saturated heterocycles. The normalized spacial score (nSPS) is 13.6. The summed E-state index contributed by atoms with van der Waals surface area (Å²) < 4.78 is 10.7. The number of carbonyl (C=O) groups is 2. The van der Waals surface area contributed by atoms with E-state index in [1.807, 2.05) is 37.3 Å². The van der Waals surface area contributed by atoms with E-state index in [2.05, 4.69) is 5.32 Å². The molecule has 3 aromatic carbocycles. The zero-order valence-corrected chi connectivity index (χ0v) is 17.5. The molecule has 2 amide bonds. The molecule has 0 atom stereocenters. The van der Waals surface area contributed by atoms with Crippen LogP contribution in [-0.4, -0.2) is 26.0 Å². The van der Waals surface area contributed by atoms with Crippen LogP contribution < -0.4 is 19.7 Å². The molecule has 156 valence electrons. The summed E-state index contributed by atoms with van der Waals surface area (Å²) in [6.07, 6.45) is 0. The lowest BCUT2D eigenvalue weighted by Gasteiger charge is -2.15. The summed E-state index contributed by atoms with van der Waals surface area (Å²) in [4.78, 5) is 28.0. The van der Waals surface area contributed by atoms with Crippen molar-refractivity contribution < 1.29 is 19.1 Å². The molecule has 0 aliphatic carbocycles. The summed E-state index contributed by atoms with van der Waals surface area (Å²) in [6, 6.07) is 21.6. The van der Waals surface area contributed by atoms with Crippen LogP contribution in [0.4, 0.5) is 11.4 Å². The van der Waals surface area contributed by atoms with Crippen LogP contribution in [0.5, 0.6) is 11.5 Å². The van der Waals surface area contributed by atoms with Gasteiger partial charge in [-0.05, 0) is 24.6 Å². The Morgan fingerprint density at radius 2 is 1.39 bits per heavy atom. The number of nitrogens with zero attached hydrogens (tertiary/aromatic N) is 1. The van der Waals surface area contributed by atoms with Crippen molar-refractivity contribution in [1.82, 2.24) is 0 Å². The van der Waals surface area contributed by atoms with Crippen molar-refractivity contribution in [1.29, 1.82) is 0 Å². The zero-order chi connectivity index (χ0) is 22.0. The smallest absolute Gasteiger partial charge is 0.282 e. The lowest BCUT2D eigenvalue weighted by Crippen LogP contribution is -2.32. The minimum Gasteiger partial charge on any atom is -0.497 e. The zero-order valence-electron chi connectivity index (χ0n) is 17.5. The summed E-state index contributed by atoms with van der Waals surface area (Å²) in [5.41, 5.74) is 3.34. The van der Waals surface area contributed by atoms with Crippen LogP contribution in [0, 0.1) is 6.92 Å². The monoisotopic (exact) mass is 414 g/mol. The van der Waals surface area contributed by atoms with Gasteiger partial charge in [-0.2, -0.15) is 0 Å². The Morgan fingerprint density at radius 1 is 0.774 bits per heavy atom. The van der Waals surface area contributed by atoms with Gasteiger partial charge < -0.3 is 14.8 Å². The van der Waals surface area contributed by atoms with Gasteiger partial charge >= 0.3 is 0 Å². The number of benzene rings is 3. The fourth-order valence-corrected chi connectivity index (χ4v) is 3.47. The quantitative estimate of drug-likeness (QED) is 0.605. The molecule has 3 aromatic rings. The fourth-order valence-electron chi connectivity index (χ4n) is 3.47. The molecule has 1 N–H and O–H groups in total. The van der Waals surface area contributed by atoms with Crippen LogP contribution in [0.15, 0.2) is 78.5 Å². The Bertz CT molecular complexity index is 1150. The second kappa shape index (κ2) is 8.36. The number of amides is 2. The molecule has 0 fully saturated rings. The Kier molecular flexibility index (Phi) is 5.45. The van der Waals surface area contributed by atoms with Crippen molar-refractivity contribution >= 4 is 28.8 Å². The average Bonchev–Trinajstić information content (AvgIpc) is 3.04. The van der Waals surface area contributed by atoms with Gasteiger partial charge in [0.1, 0.15) is 17.2 Å². The minimum absolute atomic E-state index is 0.202. The molecule has 0 unspecified atom stereocenters. The molecule has 1 heterocycles. The van der Waals surface area contributed by atoms with Gasteiger partial charge in [0.2, 0.25) is 0 Å². The van der Waals surface area contributed by atoms with Crippen molar-refractivity contribution in [3.8, 4) is 11.5 Å². The Hall–Kier alpha value is -4.06. The van der Waals surface area contributed by atoms with Crippen LogP contribution in [0.3, 0.4) is 0 Å². The van der Waals surface area contributed by atoms with E-state index < -0.39 is 5.91 Å². The number of rotatable bonds is 6. The number of hydrogen-bond acceptors (Lipinski definition) is 5. The Labute approximate surface area is 180 Å². The van der Waals surface area contributed by atoms with Crippen LogP contribution in [0.25, 0.3) is 5.57 Å². The molecule has 0 saturated carbocycles. The molecular weight excluding hydrogens is 392 g/mol. The van der Waals surface area contributed by atoms with Crippen LogP contribution in [-0.2, 0) is 9.59 Å². The van der Waals surface area contributed by atoms with E-state index >= 15 is 0 Å². The van der Waals surface area contributed by atoms with Gasteiger partial charge in [-0.3, -0.25) is 9.59 Å². The highest BCUT2D eigenvalue weighted by Gasteiger charge is 2.40.